The van der Waals surface area contributed by atoms with Crippen LogP contribution in [0.25, 0.3) is 0 Å². The van der Waals surface area contributed by atoms with Gasteiger partial charge in [-0.25, -0.2) is 0 Å². The first-order chi connectivity index (χ1) is 6.77. The fraction of sp³-hybridized carbons (Fsp3) is 1.00. The topological polar surface area (TPSA) is 40.5 Å². The first-order valence-electron chi connectivity index (χ1n) is 5.74. The molecule has 2 N–H and O–H groups in total. The average Bonchev–Trinajstić information content (AvgIpc) is 2.15. The lowest BCUT2D eigenvalue weighted by molar-refractivity contribution is -0.0466. The van der Waals surface area contributed by atoms with Crippen molar-refractivity contribution in [2.75, 3.05) is 5.75 Å². The van der Waals surface area contributed by atoms with Gasteiger partial charge in [-0.2, -0.15) is 12.6 Å². The fourth-order valence-corrected chi connectivity index (χ4v) is 1.72. The van der Waals surface area contributed by atoms with Crippen LogP contribution in [0, 0.1) is 0 Å². The fourth-order valence-electron chi connectivity index (χ4n) is 1.50. The van der Waals surface area contributed by atoms with Crippen LogP contribution in [0.5, 0.6) is 0 Å². The molecule has 0 saturated carbocycles. The minimum Gasteiger partial charge on any atom is -0.368 e. The Morgan fingerprint density at radius 3 is 1.57 bits per heavy atom. The summed E-state index contributed by atoms with van der Waals surface area (Å²) in [6, 6.07) is 0. The molecule has 0 aliphatic carbocycles. The highest BCUT2D eigenvalue weighted by molar-refractivity contribution is 7.80. The summed E-state index contributed by atoms with van der Waals surface area (Å²) in [6.07, 6.45) is 9.18. The first-order valence-corrected chi connectivity index (χ1v) is 6.37. The van der Waals surface area contributed by atoms with Crippen molar-refractivity contribution >= 4 is 12.6 Å². The van der Waals surface area contributed by atoms with Gasteiger partial charge in [-0.15, -0.1) is 0 Å². The highest BCUT2D eigenvalue weighted by atomic mass is 32.1. The van der Waals surface area contributed by atoms with Crippen molar-refractivity contribution in [1.82, 2.24) is 0 Å². The molecule has 0 fully saturated rings. The Labute approximate surface area is 93.1 Å². The summed E-state index contributed by atoms with van der Waals surface area (Å²) in [5.41, 5.74) is 0. The molecule has 0 saturated heterocycles. The predicted molar refractivity (Wildman–Crippen MR) is 63.6 cm³/mol. The molecular formula is C11H24O2S. The van der Waals surface area contributed by atoms with Gasteiger partial charge in [0, 0.05) is 0 Å². The van der Waals surface area contributed by atoms with Crippen LogP contribution in [0.3, 0.4) is 0 Å². The van der Waals surface area contributed by atoms with E-state index in [1.165, 1.54) is 38.5 Å². The molecule has 2 nitrogen and oxygen atoms in total. The molecule has 0 heterocycles. The number of hydrogen-bond acceptors (Lipinski definition) is 3. The molecule has 0 aromatic heterocycles. The summed E-state index contributed by atoms with van der Waals surface area (Å²) in [4.78, 5) is 0. The van der Waals surface area contributed by atoms with E-state index in [-0.39, 0.29) is 0 Å². The normalized spacial score (nSPS) is 11.1. The standard InChI is InChI=1S/C11H24O2S/c12-11(13)9-7-5-3-1-2-4-6-8-10-14/h11-14H,1-10H2. The lowest BCUT2D eigenvalue weighted by atomic mass is 10.1. The van der Waals surface area contributed by atoms with E-state index in [0.717, 1.165) is 18.6 Å². The van der Waals surface area contributed by atoms with E-state index in [2.05, 4.69) is 12.6 Å². The average molecular weight is 220 g/mol. The van der Waals surface area contributed by atoms with Crippen molar-refractivity contribution in [2.45, 2.75) is 64.1 Å². The Kier molecular flexibility index (Phi) is 11.6. The van der Waals surface area contributed by atoms with Crippen molar-refractivity contribution in [1.29, 1.82) is 0 Å². The maximum atomic E-state index is 8.60. The van der Waals surface area contributed by atoms with Gasteiger partial charge >= 0.3 is 0 Å². The SMILES string of the molecule is OC(O)CCCCCCCCCCS. The van der Waals surface area contributed by atoms with Crippen molar-refractivity contribution in [2.24, 2.45) is 0 Å². The number of aliphatic hydroxyl groups is 2. The minimum atomic E-state index is -1.11. The number of hydrogen-bond donors (Lipinski definition) is 3. The van der Waals surface area contributed by atoms with Gasteiger partial charge in [-0.05, 0) is 25.0 Å². The quantitative estimate of drug-likeness (QED) is 0.301. The largest absolute Gasteiger partial charge is 0.368 e. The zero-order valence-corrected chi connectivity index (χ0v) is 9.88. The Balaban J connectivity index is 2.85. The van der Waals surface area contributed by atoms with Crippen LogP contribution in [-0.4, -0.2) is 22.3 Å². The van der Waals surface area contributed by atoms with Gasteiger partial charge in [0.2, 0.25) is 0 Å². The van der Waals surface area contributed by atoms with Crippen LogP contribution in [-0.2, 0) is 0 Å². The van der Waals surface area contributed by atoms with Crippen LogP contribution in [0.4, 0.5) is 0 Å². The molecule has 86 valence electrons. The molecule has 14 heavy (non-hydrogen) atoms. The highest BCUT2D eigenvalue weighted by Crippen LogP contribution is 2.10. The molecule has 0 radical (unpaired) electrons. The van der Waals surface area contributed by atoms with Crippen molar-refractivity contribution in [3.05, 3.63) is 0 Å². The molecule has 3 heteroatoms. The van der Waals surface area contributed by atoms with Crippen molar-refractivity contribution in [3.8, 4) is 0 Å². The monoisotopic (exact) mass is 220 g/mol. The summed E-state index contributed by atoms with van der Waals surface area (Å²) in [7, 11) is 0. The van der Waals surface area contributed by atoms with Crippen LogP contribution >= 0.6 is 12.6 Å². The van der Waals surface area contributed by atoms with E-state index in [1.807, 2.05) is 0 Å². The third kappa shape index (κ3) is 12.3. The lowest BCUT2D eigenvalue weighted by Crippen LogP contribution is -2.02. The number of rotatable bonds is 10. The Bertz CT molecular complexity index is 107. The molecule has 0 spiro atoms. The molecule has 0 aliphatic rings. The second-order valence-electron chi connectivity index (χ2n) is 3.82. The zero-order valence-electron chi connectivity index (χ0n) is 8.99. The molecular weight excluding hydrogens is 196 g/mol. The van der Waals surface area contributed by atoms with E-state index in [1.54, 1.807) is 0 Å². The van der Waals surface area contributed by atoms with Gasteiger partial charge in [-0.1, -0.05) is 38.5 Å². The maximum Gasteiger partial charge on any atom is 0.151 e. The third-order valence-electron chi connectivity index (χ3n) is 2.37. The van der Waals surface area contributed by atoms with Crippen LogP contribution in [0.2, 0.25) is 0 Å². The molecule has 0 bridgehead atoms. The smallest absolute Gasteiger partial charge is 0.151 e. The number of unbranched alkanes of at least 4 members (excludes halogenated alkanes) is 7. The second kappa shape index (κ2) is 11.3. The molecule has 0 aromatic rings. The molecule has 0 rings (SSSR count). The predicted octanol–water partition coefficient (Wildman–Crippen LogP) is 2.74. The first kappa shape index (κ1) is 14.3. The summed E-state index contributed by atoms with van der Waals surface area (Å²) in [6.45, 7) is 0. The summed E-state index contributed by atoms with van der Waals surface area (Å²) < 4.78 is 0. The van der Waals surface area contributed by atoms with E-state index in [9.17, 15) is 0 Å². The second-order valence-corrected chi connectivity index (χ2v) is 4.27. The van der Waals surface area contributed by atoms with Crippen LogP contribution in [0.1, 0.15) is 57.8 Å². The van der Waals surface area contributed by atoms with Gasteiger partial charge in [0.25, 0.3) is 0 Å². The molecule has 0 atom stereocenters. The van der Waals surface area contributed by atoms with Crippen LogP contribution in [0.15, 0.2) is 0 Å². The Morgan fingerprint density at radius 1 is 0.714 bits per heavy atom. The van der Waals surface area contributed by atoms with Crippen molar-refractivity contribution < 1.29 is 10.2 Å². The summed E-state index contributed by atoms with van der Waals surface area (Å²) >= 11 is 4.16. The van der Waals surface area contributed by atoms with E-state index < -0.39 is 6.29 Å². The van der Waals surface area contributed by atoms with Crippen molar-refractivity contribution in [3.63, 3.8) is 0 Å². The molecule has 0 aromatic carbocycles. The minimum absolute atomic E-state index is 0.527. The maximum absolute atomic E-state index is 8.60. The van der Waals surface area contributed by atoms with Gasteiger partial charge in [0.15, 0.2) is 6.29 Å². The summed E-state index contributed by atoms with van der Waals surface area (Å²) in [5.74, 6) is 1.01. The van der Waals surface area contributed by atoms with E-state index in [4.69, 9.17) is 10.2 Å². The Morgan fingerprint density at radius 2 is 1.14 bits per heavy atom. The van der Waals surface area contributed by atoms with E-state index in [0.29, 0.717) is 6.42 Å². The highest BCUT2D eigenvalue weighted by Gasteiger charge is 1.96. The van der Waals surface area contributed by atoms with Gasteiger partial charge in [0.05, 0.1) is 0 Å². The number of thiol groups is 1. The van der Waals surface area contributed by atoms with Gasteiger partial charge in [-0.3, -0.25) is 0 Å². The van der Waals surface area contributed by atoms with Gasteiger partial charge in [0.1, 0.15) is 0 Å². The lowest BCUT2D eigenvalue weighted by Gasteiger charge is -2.03. The Hall–Kier alpha value is 0.270. The number of aliphatic hydroxyl groups excluding tert-OH is 1. The summed E-state index contributed by atoms with van der Waals surface area (Å²) in [5, 5.41) is 17.2. The van der Waals surface area contributed by atoms with Crippen LogP contribution < -0.4 is 0 Å². The van der Waals surface area contributed by atoms with Gasteiger partial charge < -0.3 is 10.2 Å². The molecule has 0 aliphatic heterocycles. The molecule has 0 unspecified atom stereocenters. The van der Waals surface area contributed by atoms with E-state index >= 15 is 0 Å². The third-order valence-corrected chi connectivity index (χ3v) is 2.69. The molecule has 0 amide bonds. The zero-order chi connectivity index (χ0) is 10.6.